The zero-order chi connectivity index (χ0) is 27.1. The third-order valence-corrected chi connectivity index (χ3v) is 8.36. The van der Waals surface area contributed by atoms with Crippen molar-refractivity contribution in [2.24, 2.45) is 0 Å². The lowest BCUT2D eigenvalue weighted by Gasteiger charge is -2.32. The number of carbonyl (C=O) groups is 2. The normalized spacial score (nSPS) is 13.6. The van der Waals surface area contributed by atoms with E-state index in [1.54, 1.807) is 41.7 Å². The van der Waals surface area contributed by atoms with Crippen LogP contribution in [0.3, 0.4) is 0 Å². The zero-order valence-electron chi connectivity index (χ0n) is 20.9. The van der Waals surface area contributed by atoms with Crippen LogP contribution in [0.4, 0.5) is 8.78 Å². The molecule has 0 atom stereocenters. The minimum Gasteiger partial charge on any atom is -0.481 e. The Morgan fingerprint density at radius 2 is 1.16 bits per heavy atom. The van der Waals surface area contributed by atoms with Crippen LogP contribution in [0.5, 0.6) is 0 Å². The Morgan fingerprint density at radius 1 is 0.711 bits per heavy atom. The summed E-state index contributed by atoms with van der Waals surface area (Å²) in [4.78, 5) is 30.9. The summed E-state index contributed by atoms with van der Waals surface area (Å²) >= 11 is 3.02. The van der Waals surface area contributed by atoms with E-state index in [9.17, 15) is 18.4 Å². The highest BCUT2D eigenvalue weighted by molar-refractivity contribution is 7.15. The summed E-state index contributed by atoms with van der Waals surface area (Å²) in [6.45, 7) is 3.51. The van der Waals surface area contributed by atoms with Gasteiger partial charge in [0.1, 0.15) is 11.6 Å². The van der Waals surface area contributed by atoms with Crippen molar-refractivity contribution in [3.8, 4) is 20.9 Å². The summed E-state index contributed by atoms with van der Waals surface area (Å²) in [5.74, 6) is -1.15. The van der Waals surface area contributed by atoms with Crippen molar-refractivity contribution in [3.05, 3.63) is 94.2 Å². The maximum Gasteiger partial charge on any atom is 0.308 e. The van der Waals surface area contributed by atoms with Gasteiger partial charge in [-0.25, -0.2) is 8.78 Å². The molecule has 0 bridgehead atoms. The van der Waals surface area contributed by atoms with Crippen molar-refractivity contribution in [3.63, 3.8) is 0 Å². The lowest BCUT2D eigenvalue weighted by molar-refractivity contribution is -0.136. The molecule has 0 saturated carbocycles. The Labute approximate surface area is 228 Å². The Balaban J connectivity index is 0.000000186. The van der Waals surface area contributed by atoms with Crippen LogP contribution in [0.1, 0.15) is 9.75 Å². The SMILES string of the molecule is CN1CCN(C(=O)Cc2ccc(-c3ccc(F)cc3)s2)CC1.O=C(O)Cc1ccc(-c2ccc(F)cc2)s1. The number of rotatable bonds is 6. The molecule has 0 unspecified atom stereocenters. The average Bonchev–Trinajstić information content (AvgIpc) is 3.55. The number of aliphatic carboxylic acids is 1. The molecular formula is C29H28F2N2O3S2. The minimum atomic E-state index is -0.840. The Morgan fingerprint density at radius 3 is 1.61 bits per heavy atom. The fourth-order valence-electron chi connectivity index (χ4n) is 3.95. The van der Waals surface area contributed by atoms with Gasteiger partial charge in [0.25, 0.3) is 0 Å². The molecule has 5 rings (SSSR count). The van der Waals surface area contributed by atoms with E-state index in [2.05, 4.69) is 11.9 Å². The molecule has 3 heterocycles. The van der Waals surface area contributed by atoms with Gasteiger partial charge in [-0.15, -0.1) is 22.7 Å². The third-order valence-electron chi connectivity index (χ3n) is 6.09. The van der Waals surface area contributed by atoms with Crippen LogP contribution >= 0.6 is 22.7 Å². The van der Waals surface area contributed by atoms with E-state index in [1.807, 2.05) is 23.1 Å². The first kappa shape index (κ1) is 27.6. The number of hydrogen-bond donors (Lipinski definition) is 1. The largest absolute Gasteiger partial charge is 0.481 e. The summed E-state index contributed by atoms with van der Waals surface area (Å²) in [5.41, 5.74) is 1.90. The maximum atomic E-state index is 13.0. The molecule has 1 N–H and O–H groups in total. The van der Waals surface area contributed by atoms with Crippen molar-refractivity contribution >= 4 is 34.6 Å². The number of benzene rings is 2. The number of piperazine rings is 1. The standard InChI is InChI=1S/C17H19FN2OS.C12H9FO2S/c1-19-8-10-20(11-9-19)17(21)12-15-6-7-16(22-15)13-2-4-14(18)5-3-13;13-9-3-1-8(2-4-9)11-6-5-10(16-11)7-12(14)15/h2-7H,8-12H2,1H3;1-6H,7H2,(H,14,15). The van der Waals surface area contributed by atoms with Crippen molar-refractivity contribution in [2.75, 3.05) is 33.2 Å². The molecule has 1 saturated heterocycles. The van der Waals surface area contributed by atoms with Gasteiger partial charge in [-0.05, 0) is 66.7 Å². The zero-order valence-corrected chi connectivity index (χ0v) is 22.5. The highest BCUT2D eigenvalue weighted by atomic mass is 32.1. The van der Waals surface area contributed by atoms with Crippen LogP contribution in [-0.4, -0.2) is 60.0 Å². The molecule has 1 aliphatic rings. The van der Waals surface area contributed by atoms with Gasteiger partial charge in [-0.2, -0.15) is 0 Å². The molecule has 0 spiro atoms. The molecule has 1 fully saturated rings. The summed E-state index contributed by atoms with van der Waals surface area (Å²) < 4.78 is 25.7. The monoisotopic (exact) mass is 554 g/mol. The fourth-order valence-corrected chi connectivity index (χ4v) is 5.96. The molecule has 1 amide bonds. The molecule has 1 aliphatic heterocycles. The van der Waals surface area contributed by atoms with Crippen LogP contribution in [0.15, 0.2) is 72.8 Å². The number of nitrogens with zero attached hydrogens (tertiary/aromatic N) is 2. The highest BCUT2D eigenvalue weighted by Crippen LogP contribution is 2.29. The van der Waals surface area contributed by atoms with E-state index in [0.717, 1.165) is 56.8 Å². The van der Waals surface area contributed by atoms with E-state index in [1.165, 1.54) is 35.6 Å². The molecule has 4 aromatic rings. The summed E-state index contributed by atoms with van der Waals surface area (Å²) in [6, 6.07) is 20.3. The van der Waals surface area contributed by atoms with Crippen LogP contribution in [0.25, 0.3) is 20.9 Å². The Hall–Kier alpha value is -3.40. The molecule has 198 valence electrons. The maximum absolute atomic E-state index is 13.0. The first-order valence-electron chi connectivity index (χ1n) is 12.1. The number of thiophene rings is 2. The van der Waals surface area contributed by atoms with Crippen LogP contribution in [-0.2, 0) is 22.4 Å². The summed E-state index contributed by atoms with van der Waals surface area (Å²) in [7, 11) is 2.08. The fraction of sp³-hybridized carbons (Fsp3) is 0.241. The Bertz CT molecular complexity index is 1360. The predicted molar refractivity (Wildman–Crippen MR) is 149 cm³/mol. The van der Waals surface area contributed by atoms with Crippen molar-refractivity contribution < 1.29 is 23.5 Å². The molecule has 9 heteroatoms. The van der Waals surface area contributed by atoms with Crippen LogP contribution < -0.4 is 0 Å². The second-order valence-electron chi connectivity index (χ2n) is 8.98. The smallest absolute Gasteiger partial charge is 0.308 e. The van der Waals surface area contributed by atoms with E-state index in [4.69, 9.17) is 5.11 Å². The molecule has 0 aliphatic carbocycles. The topological polar surface area (TPSA) is 60.9 Å². The van der Waals surface area contributed by atoms with Gasteiger partial charge in [-0.3, -0.25) is 9.59 Å². The van der Waals surface area contributed by atoms with Gasteiger partial charge < -0.3 is 14.9 Å². The number of likely N-dealkylation sites (N-methyl/N-ethyl adjacent to an activating group) is 1. The predicted octanol–water partition coefficient (Wildman–Crippen LogP) is 6.05. The van der Waals surface area contributed by atoms with Gasteiger partial charge in [0, 0.05) is 45.7 Å². The lowest BCUT2D eigenvalue weighted by Crippen LogP contribution is -2.47. The van der Waals surface area contributed by atoms with E-state index >= 15 is 0 Å². The minimum absolute atomic E-state index is 0.0336. The number of carbonyl (C=O) groups excluding carboxylic acids is 1. The number of carboxylic acid groups (broad SMARTS) is 1. The number of hydrogen-bond acceptors (Lipinski definition) is 5. The quantitative estimate of drug-likeness (QED) is 0.315. The number of amides is 1. The lowest BCUT2D eigenvalue weighted by atomic mass is 10.2. The van der Waals surface area contributed by atoms with Crippen LogP contribution in [0.2, 0.25) is 0 Å². The van der Waals surface area contributed by atoms with Gasteiger partial charge in [0.2, 0.25) is 5.91 Å². The molecule has 38 heavy (non-hydrogen) atoms. The first-order chi connectivity index (χ1) is 18.3. The van der Waals surface area contributed by atoms with Gasteiger partial charge in [-0.1, -0.05) is 24.3 Å². The third kappa shape index (κ3) is 7.80. The average molecular weight is 555 g/mol. The number of carboxylic acids is 1. The van der Waals surface area contributed by atoms with Crippen LogP contribution in [0, 0.1) is 11.6 Å². The first-order valence-corrected chi connectivity index (χ1v) is 13.8. The van der Waals surface area contributed by atoms with E-state index in [-0.39, 0.29) is 24.0 Å². The Kier molecular flexibility index (Phi) is 9.38. The number of halogens is 2. The molecular weight excluding hydrogens is 526 g/mol. The van der Waals surface area contributed by atoms with Crippen molar-refractivity contribution in [1.29, 1.82) is 0 Å². The van der Waals surface area contributed by atoms with Crippen molar-refractivity contribution in [1.82, 2.24) is 9.80 Å². The second kappa shape index (κ2) is 12.9. The van der Waals surface area contributed by atoms with E-state index in [0.29, 0.717) is 6.42 Å². The second-order valence-corrected chi connectivity index (χ2v) is 11.3. The molecule has 5 nitrogen and oxygen atoms in total. The van der Waals surface area contributed by atoms with Gasteiger partial charge in [0.05, 0.1) is 12.8 Å². The van der Waals surface area contributed by atoms with E-state index < -0.39 is 5.97 Å². The molecule has 2 aromatic carbocycles. The summed E-state index contributed by atoms with van der Waals surface area (Å²) in [5, 5.41) is 8.64. The summed E-state index contributed by atoms with van der Waals surface area (Å²) in [6.07, 6.45) is 0.488. The molecule has 0 radical (unpaired) electrons. The molecule has 2 aromatic heterocycles. The van der Waals surface area contributed by atoms with Crippen molar-refractivity contribution in [2.45, 2.75) is 12.8 Å². The van der Waals surface area contributed by atoms with Gasteiger partial charge in [0.15, 0.2) is 0 Å². The van der Waals surface area contributed by atoms with Gasteiger partial charge >= 0.3 is 5.97 Å². The highest BCUT2D eigenvalue weighted by Gasteiger charge is 2.19.